The second-order valence-corrected chi connectivity index (χ2v) is 3.23. The van der Waals surface area contributed by atoms with Gasteiger partial charge in [-0.05, 0) is 17.4 Å². The SMILES string of the molecule is [B]C(C)(C)c1ccc(F)cc1. The highest BCUT2D eigenvalue weighted by molar-refractivity contribution is 6.15. The average Bonchev–Trinajstić information content (AvgIpc) is 1.86. The molecular weight excluding hydrogens is 138 g/mol. The fraction of sp³-hybridized carbons (Fsp3) is 0.333. The first kappa shape index (κ1) is 8.31. The van der Waals surface area contributed by atoms with Crippen molar-refractivity contribution in [1.29, 1.82) is 0 Å². The second kappa shape index (κ2) is 2.69. The Hall–Kier alpha value is -0.785. The normalized spacial score (nSPS) is 11.5. The molecule has 0 nitrogen and oxygen atoms in total. The molecule has 0 aliphatic carbocycles. The van der Waals surface area contributed by atoms with Gasteiger partial charge in [-0.15, -0.1) is 0 Å². The quantitative estimate of drug-likeness (QED) is 0.535. The minimum atomic E-state index is -0.381. The van der Waals surface area contributed by atoms with Gasteiger partial charge in [0.2, 0.25) is 0 Å². The van der Waals surface area contributed by atoms with Crippen molar-refractivity contribution >= 4 is 7.85 Å². The lowest BCUT2D eigenvalue weighted by atomic mass is 9.67. The van der Waals surface area contributed by atoms with Crippen LogP contribution in [0.2, 0.25) is 0 Å². The Kier molecular flexibility index (Phi) is 2.03. The molecular formula is C9H10BF. The maximum absolute atomic E-state index is 12.4. The molecule has 0 unspecified atom stereocenters. The van der Waals surface area contributed by atoms with E-state index in [-0.39, 0.29) is 11.1 Å². The van der Waals surface area contributed by atoms with Crippen molar-refractivity contribution < 1.29 is 4.39 Å². The number of benzene rings is 1. The van der Waals surface area contributed by atoms with Gasteiger partial charge < -0.3 is 0 Å². The van der Waals surface area contributed by atoms with E-state index >= 15 is 0 Å². The summed E-state index contributed by atoms with van der Waals surface area (Å²) < 4.78 is 12.4. The summed E-state index contributed by atoms with van der Waals surface area (Å²) in [6.07, 6.45) is 0. The summed E-state index contributed by atoms with van der Waals surface area (Å²) in [7, 11) is 5.78. The lowest BCUT2D eigenvalue weighted by molar-refractivity contribution is 0.625. The van der Waals surface area contributed by atoms with Gasteiger partial charge in [0, 0.05) is 0 Å². The molecule has 1 aromatic carbocycles. The molecule has 2 heteroatoms. The van der Waals surface area contributed by atoms with Crippen molar-refractivity contribution in [3.63, 3.8) is 0 Å². The van der Waals surface area contributed by atoms with Crippen LogP contribution in [-0.4, -0.2) is 7.85 Å². The summed E-state index contributed by atoms with van der Waals surface area (Å²) in [6.45, 7) is 3.78. The van der Waals surface area contributed by atoms with Crippen molar-refractivity contribution in [2.24, 2.45) is 0 Å². The molecule has 0 fully saturated rings. The maximum atomic E-state index is 12.4. The van der Waals surface area contributed by atoms with E-state index < -0.39 is 0 Å². The molecule has 0 atom stereocenters. The lowest BCUT2D eigenvalue weighted by Gasteiger charge is -2.18. The molecule has 56 valence electrons. The zero-order valence-electron chi connectivity index (χ0n) is 6.76. The molecule has 0 N–H and O–H groups in total. The molecule has 0 heterocycles. The van der Waals surface area contributed by atoms with E-state index in [1.807, 2.05) is 13.8 Å². The maximum Gasteiger partial charge on any atom is 0.123 e. The monoisotopic (exact) mass is 148 g/mol. The van der Waals surface area contributed by atoms with Gasteiger partial charge in [-0.2, -0.15) is 0 Å². The minimum absolute atomic E-state index is 0.224. The summed E-state index contributed by atoms with van der Waals surface area (Å²) in [5.41, 5.74) is 0.943. The van der Waals surface area contributed by atoms with E-state index in [2.05, 4.69) is 0 Å². The number of hydrogen-bond donors (Lipinski definition) is 0. The largest absolute Gasteiger partial charge is 0.207 e. The highest BCUT2D eigenvalue weighted by Gasteiger charge is 2.11. The Morgan fingerprint density at radius 2 is 1.64 bits per heavy atom. The van der Waals surface area contributed by atoms with Gasteiger partial charge in [-0.3, -0.25) is 0 Å². The summed E-state index contributed by atoms with van der Waals surface area (Å²) in [5.74, 6) is -0.224. The van der Waals surface area contributed by atoms with Crippen molar-refractivity contribution in [3.05, 3.63) is 35.6 Å². The third kappa shape index (κ3) is 2.07. The van der Waals surface area contributed by atoms with E-state index in [0.717, 1.165) is 5.56 Å². The Bertz CT molecular complexity index is 233. The Balaban J connectivity index is 2.99. The van der Waals surface area contributed by atoms with Crippen LogP contribution in [0.5, 0.6) is 0 Å². The first-order valence-electron chi connectivity index (χ1n) is 3.55. The summed E-state index contributed by atoms with van der Waals surface area (Å²) >= 11 is 0. The zero-order chi connectivity index (χ0) is 8.48. The molecule has 0 aromatic heterocycles. The van der Waals surface area contributed by atoms with Gasteiger partial charge in [0.05, 0.1) is 7.85 Å². The highest BCUT2D eigenvalue weighted by atomic mass is 19.1. The molecule has 1 rings (SSSR count). The summed E-state index contributed by atoms with van der Waals surface area (Å²) in [5, 5.41) is -0.381. The van der Waals surface area contributed by atoms with Crippen LogP contribution in [0.15, 0.2) is 24.3 Å². The van der Waals surface area contributed by atoms with Crippen molar-refractivity contribution in [2.45, 2.75) is 19.2 Å². The molecule has 0 aliphatic heterocycles. The second-order valence-electron chi connectivity index (χ2n) is 3.23. The van der Waals surface area contributed by atoms with E-state index in [0.29, 0.717) is 0 Å². The number of halogens is 1. The van der Waals surface area contributed by atoms with Gasteiger partial charge >= 0.3 is 0 Å². The molecule has 0 bridgehead atoms. The standard InChI is InChI=1S/C9H10BF/c1-9(2,10)7-3-5-8(11)6-4-7/h3-6H,1-2H3. The molecule has 0 amide bonds. The van der Waals surface area contributed by atoms with Crippen molar-refractivity contribution in [3.8, 4) is 0 Å². The Morgan fingerprint density at radius 3 is 2.00 bits per heavy atom. The van der Waals surface area contributed by atoms with Crippen LogP contribution >= 0.6 is 0 Å². The average molecular weight is 148 g/mol. The van der Waals surface area contributed by atoms with Gasteiger partial charge in [0.1, 0.15) is 5.82 Å². The van der Waals surface area contributed by atoms with Crippen LogP contribution < -0.4 is 0 Å². The third-order valence-electron chi connectivity index (χ3n) is 1.59. The van der Waals surface area contributed by atoms with Crippen LogP contribution in [0.4, 0.5) is 4.39 Å². The molecule has 0 aliphatic rings. The van der Waals surface area contributed by atoms with Gasteiger partial charge in [0.25, 0.3) is 0 Å². The van der Waals surface area contributed by atoms with Crippen LogP contribution in [0, 0.1) is 5.82 Å². The molecule has 0 spiro atoms. The third-order valence-corrected chi connectivity index (χ3v) is 1.59. The molecule has 0 saturated carbocycles. The Morgan fingerprint density at radius 1 is 1.18 bits per heavy atom. The van der Waals surface area contributed by atoms with E-state index in [1.54, 1.807) is 12.1 Å². The first-order chi connectivity index (χ1) is 5.00. The fourth-order valence-electron chi connectivity index (χ4n) is 0.879. The fourth-order valence-corrected chi connectivity index (χ4v) is 0.879. The van der Waals surface area contributed by atoms with Crippen LogP contribution in [0.25, 0.3) is 0 Å². The molecule has 2 radical (unpaired) electrons. The van der Waals surface area contributed by atoms with Crippen molar-refractivity contribution in [1.82, 2.24) is 0 Å². The highest BCUT2D eigenvalue weighted by Crippen LogP contribution is 2.18. The van der Waals surface area contributed by atoms with Gasteiger partial charge in [-0.1, -0.05) is 31.5 Å². The first-order valence-corrected chi connectivity index (χ1v) is 3.55. The van der Waals surface area contributed by atoms with Crippen LogP contribution in [0.3, 0.4) is 0 Å². The van der Waals surface area contributed by atoms with Crippen molar-refractivity contribution in [2.75, 3.05) is 0 Å². The van der Waals surface area contributed by atoms with Gasteiger partial charge in [-0.25, -0.2) is 4.39 Å². The summed E-state index contributed by atoms with van der Waals surface area (Å²) in [6, 6.07) is 6.25. The van der Waals surface area contributed by atoms with Crippen LogP contribution in [-0.2, 0) is 5.31 Å². The lowest BCUT2D eigenvalue weighted by Crippen LogP contribution is -2.16. The Labute approximate surface area is 67.8 Å². The van der Waals surface area contributed by atoms with Gasteiger partial charge in [0.15, 0.2) is 0 Å². The predicted molar refractivity (Wildman–Crippen MR) is 45.2 cm³/mol. The molecule has 1 aromatic rings. The molecule has 0 saturated heterocycles. The zero-order valence-corrected chi connectivity index (χ0v) is 6.76. The predicted octanol–water partition coefficient (Wildman–Crippen LogP) is 2.23. The minimum Gasteiger partial charge on any atom is -0.207 e. The van der Waals surface area contributed by atoms with E-state index in [1.165, 1.54) is 12.1 Å². The molecule has 11 heavy (non-hydrogen) atoms. The van der Waals surface area contributed by atoms with E-state index in [4.69, 9.17) is 7.85 Å². The number of hydrogen-bond acceptors (Lipinski definition) is 0. The van der Waals surface area contributed by atoms with E-state index in [9.17, 15) is 4.39 Å². The topological polar surface area (TPSA) is 0 Å². The smallest absolute Gasteiger partial charge is 0.123 e. The summed E-state index contributed by atoms with van der Waals surface area (Å²) in [4.78, 5) is 0. The number of rotatable bonds is 1. The van der Waals surface area contributed by atoms with Crippen LogP contribution in [0.1, 0.15) is 19.4 Å².